The third kappa shape index (κ3) is 4.44. The molecule has 4 aromatic heterocycles. The molecule has 1 saturated heterocycles. The van der Waals surface area contributed by atoms with E-state index in [1.165, 1.54) is 27.9 Å². The number of aromatic amines is 1. The standard InChI is InChI=1S/C23H19F3N8O/c24-23(25,26)18(2-4-20(35)33-10-14(7-27)11-33)15-1-3-19(29-8-15)34-12-16(9-32-34)17-5-6-28-22-21(17)30-13-31-22/h1,3,5-6,8-9,12-14,18H,2,4,10-11H2,(H,28,30,31). The lowest BCUT2D eigenvalue weighted by molar-refractivity contribution is -0.154. The summed E-state index contributed by atoms with van der Waals surface area (Å²) in [5, 5.41) is 13.1. The molecule has 178 valence electrons. The van der Waals surface area contributed by atoms with Gasteiger partial charge in [-0.15, -0.1) is 0 Å². The van der Waals surface area contributed by atoms with Gasteiger partial charge in [-0.2, -0.15) is 23.5 Å². The fourth-order valence-electron chi connectivity index (χ4n) is 4.12. The van der Waals surface area contributed by atoms with Gasteiger partial charge < -0.3 is 9.88 Å². The van der Waals surface area contributed by atoms with E-state index in [1.807, 2.05) is 12.1 Å². The van der Waals surface area contributed by atoms with Crippen molar-refractivity contribution in [1.29, 1.82) is 5.26 Å². The van der Waals surface area contributed by atoms with Crippen LogP contribution in [0.25, 0.3) is 28.1 Å². The van der Waals surface area contributed by atoms with E-state index in [0.717, 1.165) is 16.6 Å². The number of imidazole rings is 1. The number of pyridine rings is 2. The molecular weight excluding hydrogens is 461 g/mol. The molecule has 1 fully saturated rings. The molecular formula is C23H19F3N8O. The van der Waals surface area contributed by atoms with E-state index < -0.39 is 12.1 Å². The summed E-state index contributed by atoms with van der Waals surface area (Å²) < 4.78 is 42.8. The second-order valence-corrected chi connectivity index (χ2v) is 8.34. The molecule has 0 aliphatic carbocycles. The summed E-state index contributed by atoms with van der Waals surface area (Å²) in [4.78, 5) is 29.1. The number of aromatic nitrogens is 6. The highest BCUT2D eigenvalue weighted by Gasteiger charge is 2.41. The molecule has 1 aliphatic heterocycles. The number of nitriles is 1. The zero-order valence-corrected chi connectivity index (χ0v) is 18.3. The van der Waals surface area contributed by atoms with E-state index in [1.54, 1.807) is 24.9 Å². The first kappa shape index (κ1) is 22.5. The molecule has 1 atom stereocenters. The van der Waals surface area contributed by atoms with Gasteiger partial charge in [-0.05, 0) is 24.1 Å². The largest absolute Gasteiger partial charge is 0.395 e. The van der Waals surface area contributed by atoms with Gasteiger partial charge >= 0.3 is 6.18 Å². The van der Waals surface area contributed by atoms with Gasteiger partial charge in [-0.1, -0.05) is 6.07 Å². The highest BCUT2D eigenvalue weighted by Crippen LogP contribution is 2.38. The number of hydrogen-bond acceptors (Lipinski definition) is 6. The van der Waals surface area contributed by atoms with Crippen LogP contribution in [-0.4, -0.2) is 59.8 Å². The van der Waals surface area contributed by atoms with E-state index in [0.29, 0.717) is 11.5 Å². The van der Waals surface area contributed by atoms with Crippen molar-refractivity contribution < 1.29 is 18.0 Å². The van der Waals surface area contributed by atoms with E-state index in [4.69, 9.17) is 5.26 Å². The van der Waals surface area contributed by atoms with Crippen molar-refractivity contribution in [3.63, 3.8) is 0 Å². The summed E-state index contributed by atoms with van der Waals surface area (Å²) in [6, 6.07) is 6.69. The second kappa shape index (κ2) is 8.83. The van der Waals surface area contributed by atoms with Crippen molar-refractivity contribution in [3.05, 3.63) is 54.9 Å². The molecule has 0 aromatic carbocycles. The van der Waals surface area contributed by atoms with Crippen LogP contribution in [0.1, 0.15) is 24.3 Å². The highest BCUT2D eigenvalue weighted by atomic mass is 19.4. The summed E-state index contributed by atoms with van der Waals surface area (Å²) in [5.74, 6) is -2.07. The molecule has 1 unspecified atom stereocenters. The summed E-state index contributed by atoms with van der Waals surface area (Å²) in [6.45, 7) is 0.555. The third-order valence-corrected chi connectivity index (χ3v) is 6.09. The maximum atomic E-state index is 13.8. The van der Waals surface area contributed by atoms with Crippen LogP contribution in [-0.2, 0) is 4.79 Å². The summed E-state index contributed by atoms with van der Waals surface area (Å²) in [7, 11) is 0. The van der Waals surface area contributed by atoms with Crippen LogP contribution in [0.15, 0.2) is 49.3 Å². The topological polar surface area (TPSA) is 116 Å². The molecule has 4 aromatic rings. The minimum Gasteiger partial charge on any atom is -0.343 e. The maximum absolute atomic E-state index is 13.8. The first-order valence-corrected chi connectivity index (χ1v) is 10.9. The van der Waals surface area contributed by atoms with Gasteiger partial charge in [0.2, 0.25) is 5.91 Å². The number of rotatable bonds is 6. The molecule has 0 radical (unpaired) electrons. The zero-order chi connectivity index (χ0) is 24.6. The van der Waals surface area contributed by atoms with Gasteiger partial charge in [0, 0.05) is 49.2 Å². The minimum absolute atomic E-state index is 0.0201. The monoisotopic (exact) mass is 480 g/mol. The van der Waals surface area contributed by atoms with Crippen molar-refractivity contribution in [2.45, 2.75) is 24.9 Å². The number of H-pyrrole nitrogens is 1. The Morgan fingerprint density at radius 2 is 2.03 bits per heavy atom. The molecule has 12 heteroatoms. The second-order valence-electron chi connectivity index (χ2n) is 8.34. The first-order chi connectivity index (χ1) is 16.8. The Morgan fingerprint density at radius 3 is 2.74 bits per heavy atom. The van der Waals surface area contributed by atoms with Gasteiger partial charge in [-0.3, -0.25) is 4.79 Å². The molecule has 5 heterocycles. The molecule has 1 aliphatic rings. The quantitative estimate of drug-likeness (QED) is 0.451. The van der Waals surface area contributed by atoms with E-state index in [-0.39, 0.29) is 43.3 Å². The Bertz CT molecular complexity index is 1400. The zero-order valence-electron chi connectivity index (χ0n) is 18.3. The van der Waals surface area contributed by atoms with Crippen LogP contribution in [0.2, 0.25) is 0 Å². The molecule has 0 saturated carbocycles. The summed E-state index contributed by atoms with van der Waals surface area (Å²) in [5.41, 5.74) is 2.89. The predicted molar refractivity (Wildman–Crippen MR) is 118 cm³/mol. The lowest BCUT2D eigenvalue weighted by atomic mass is 9.93. The number of carbonyl (C=O) groups is 1. The van der Waals surface area contributed by atoms with Crippen molar-refractivity contribution >= 4 is 17.1 Å². The number of alkyl halides is 3. The van der Waals surface area contributed by atoms with Gasteiger partial charge in [0.15, 0.2) is 11.5 Å². The molecule has 1 amide bonds. The Balaban J connectivity index is 1.31. The minimum atomic E-state index is -4.52. The fraction of sp³-hybridized carbons (Fsp3) is 0.304. The number of amides is 1. The molecule has 0 spiro atoms. The lowest BCUT2D eigenvalue weighted by Gasteiger charge is -2.35. The van der Waals surface area contributed by atoms with Crippen LogP contribution < -0.4 is 0 Å². The molecule has 0 bridgehead atoms. The number of nitrogens with zero attached hydrogens (tertiary/aromatic N) is 7. The normalized spacial score (nSPS) is 15.1. The number of nitrogens with one attached hydrogen (secondary N) is 1. The van der Waals surface area contributed by atoms with Crippen LogP contribution in [0.5, 0.6) is 0 Å². The molecule has 35 heavy (non-hydrogen) atoms. The van der Waals surface area contributed by atoms with Crippen LogP contribution >= 0.6 is 0 Å². The van der Waals surface area contributed by atoms with Gasteiger partial charge in [0.25, 0.3) is 0 Å². The van der Waals surface area contributed by atoms with Gasteiger partial charge in [-0.25, -0.2) is 19.6 Å². The smallest absolute Gasteiger partial charge is 0.343 e. The van der Waals surface area contributed by atoms with Crippen LogP contribution in [0, 0.1) is 17.2 Å². The molecule has 5 rings (SSSR count). The van der Waals surface area contributed by atoms with Crippen LogP contribution in [0.3, 0.4) is 0 Å². The Hall–Kier alpha value is -4.27. The van der Waals surface area contributed by atoms with Crippen molar-refractivity contribution in [1.82, 2.24) is 34.6 Å². The Morgan fingerprint density at radius 1 is 1.20 bits per heavy atom. The highest BCUT2D eigenvalue weighted by molar-refractivity contribution is 5.88. The van der Waals surface area contributed by atoms with E-state index in [2.05, 4.69) is 25.0 Å². The maximum Gasteiger partial charge on any atom is 0.395 e. The SMILES string of the molecule is N#CC1CN(C(=O)CCC(c2ccc(-n3cc(-c4ccnc5nc[nH]c45)cn3)nc2)C(F)(F)F)C1. The van der Waals surface area contributed by atoms with Gasteiger partial charge in [0.1, 0.15) is 0 Å². The van der Waals surface area contributed by atoms with Crippen molar-refractivity contribution in [3.8, 4) is 23.0 Å². The first-order valence-electron chi connectivity index (χ1n) is 10.9. The fourth-order valence-corrected chi connectivity index (χ4v) is 4.12. The Labute approximate surface area is 197 Å². The average molecular weight is 480 g/mol. The number of likely N-dealkylation sites (tertiary alicyclic amines) is 1. The number of hydrogen-bond donors (Lipinski definition) is 1. The van der Waals surface area contributed by atoms with E-state index in [9.17, 15) is 18.0 Å². The molecule has 1 N–H and O–H groups in total. The number of carbonyl (C=O) groups excluding carboxylic acids is 1. The lowest BCUT2D eigenvalue weighted by Crippen LogP contribution is -2.49. The van der Waals surface area contributed by atoms with Crippen molar-refractivity contribution in [2.24, 2.45) is 5.92 Å². The van der Waals surface area contributed by atoms with Crippen LogP contribution in [0.4, 0.5) is 13.2 Å². The third-order valence-electron chi connectivity index (χ3n) is 6.09. The predicted octanol–water partition coefficient (Wildman–Crippen LogP) is 3.61. The summed E-state index contributed by atoms with van der Waals surface area (Å²) in [6.07, 6.45) is 2.54. The number of fused-ring (bicyclic) bond motifs is 1. The number of halogens is 3. The van der Waals surface area contributed by atoms with E-state index >= 15 is 0 Å². The Kier molecular flexibility index (Phi) is 5.68. The summed E-state index contributed by atoms with van der Waals surface area (Å²) >= 11 is 0. The average Bonchev–Trinajstić information content (AvgIpc) is 3.48. The molecule has 9 nitrogen and oxygen atoms in total. The van der Waals surface area contributed by atoms with Crippen molar-refractivity contribution in [2.75, 3.05) is 13.1 Å². The van der Waals surface area contributed by atoms with Gasteiger partial charge in [0.05, 0.1) is 35.9 Å².